The number of rotatable bonds is 7. The summed E-state index contributed by atoms with van der Waals surface area (Å²) < 4.78 is 4.67. The fourth-order valence-electron chi connectivity index (χ4n) is 1.98. The minimum atomic E-state index is -1.15. The highest BCUT2D eigenvalue weighted by molar-refractivity contribution is 6.00. The number of likely N-dealkylation sites (tertiary alicyclic amines) is 1. The summed E-state index contributed by atoms with van der Waals surface area (Å²) in [6, 6.07) is 6.59. The van der Waals surface area contributed by atoms with E-state index in [1.165, 1.54) is 4.90 Å². The Labute approximate surface area is 132 Å². The molecule has 1 aromatic rings. The molecule has 0 saturated carbocycles. The zero-order valence-corrected chi connectivity index (χ0v) is 12.3. The van der Waals surface area contributed by atoms with E-state index >= 15 is 0 Å². The minimum Gasteiger partial charge on any atom is -0.480 e. The molecule has 23 heavy (non-hydrogen) atoms. The summed E-state index contributed by atoms with van der Waals surface area (Å²) in [4.78, 5) is 46.0. The number of nitrogens with zero attached hydrogens (tertiary/aromatic N) is 1. The number of nitrogens with one attached hydrogen (secondary N) is 1. The summed E-state index contributed by atoms with van der Waals surface area (Å²) in [6.07, 6.45) is 0.544. The maximum absolute atomic E-state index is 11.8. The summed E-state index contributed by atoms with van der Waals surface area (Å²) in [6.45, 7) is -0.421. The second-order valence-electron chi connectivity index (χ2n) is 5.00. The molecule has 1 aliphatic heterocycles. The van der Waals surface area contributed by atoms with E-state index in [2.05, 4.69) is 10.1 Å². The standard InChI is InChI=1S/C15H16N2O6/c18-12(8-23-9-15(21)22)16-11-3-1-10(2-4-11)7-14(20)17-6-5-13(17)19/h1-4H,5-9H2,(H,16,18)(H,21,22). The monoisotopic (exact) mass is 320 g/mol. The first-order valence-corrected chi connectivity index (χ1v) is 6.97. The third kappa shape index (κ3) is 4.89. The van der Waals surface area contributed by atoms with Gasteiger partial charge in [-0.2, -0.15) is 0 Å². The number of benzene rings is 1. The highest BCUT2D eigenvalue weighted by Crippen LogP contribution is 2.14. The molecule has 0 radical (unpaired) electrons. The number of imide groups is 1. The van der Waals surface area contributed by atoms with Gasteiger partial charge in [-0.05, 0) is 17.7 Å². The van der Waals surface area contributed by atoms with Crippen LogP contribution in [0.4, 0.5) is 5.69 Å². The van der Waals surface area contributed by atoms with Gasteiger partial charge in [0, 0.05) is 18.7 Å². The molecule has 1 heterocycles. The Morgan fingerprint density at radius 1 is 1.17 bits per heavy atom. The van der Waals surface area contributed by atoms with Gasteiger partial charge in [0.1, 0.15) is 13.2 Å². The molecular formula is C15H16N2O6. The molecule has 1 aliphatic rings. The van der Waals surface area contributed by atoms with Gasteiger partial charge in [-0.25, -0.2) is 4.79 Å². The van der Waals surface area contributed by atoms with Crippen molar-refractivity contribution in [2.45, 2.75) is 12.8 Å². The van der Waals surface area contributed by atoms with Crippen molar-refractivity contribution in [2.75, 3.05) is 25.1 Å². The van der Waals surface area contributed by atoms with E-state index in [1.54, 1.807) is 24.3 Å². The van der Waals surface area contributed by atoms with Crippen LogP contribution in [0.15, 0.2) is 24.3 Å². The maximum atomic E-state index is 11.8. The van der Waals surface area contributed by atoms with Crippen LogP contribution in [-0.2, 0) is 30.3 Å². The molecule has 3 amide bonds. The summed E-state index contributed by atoms with van der Waals surface area (Å²) in [5.74, 6) is -2.01. The van der Waals surface area contributed by atoms with Gasteiger partial charge in [0.05, 0.1) is 6.42 Å². The first-order valence-electron chi connectivity index (χ1n) is 6.97. The number of hydrogen-bond donors (Lipinski definition) is 2. The van der Waals surface area contributed by atoms with Crippen LogP contribution in [-0.4, -0.2) is 53.5 Å². The number of ether oxygens (including phenoxy) is 1. The van der Waals surface area contributed by atoms with Gasteiger partial charge >= 0.3 is 5.97 Å². The molecule has 1 fully saturated rings. The fourth-order valence-corrected chi connectivity index (χ4v) is 1.98. The Morgan fingerprint density at radius 3 is 2.39 bits per heavy atom. The molecule has 1 saturated heterocycles. The third-order valence-electron chi connectivity index (χ3n) is 3.20. The predicted molar refractivity (Wildman–Crippen MR) is 78.6 cm³/mol. The molecule has 2 N–H and O–H groups in total. The topological polar surface area (TPSA) is 113 Å². The van der Waals surface area contributed by atoms with E-state index in [0.717, 1.165) is 5.56 Å². The van der Waals surface area contributed by atoms with Crippen molar-refractivity contribution in [2.24, 2.45) is 0 Å². The van der Waals surface area contributed by atoms with Crippen molar-refractivity contribution >= 4 is 29.4 Å². The highest BCUT2D eigenvalue weighted by atomic mass is 16.5. The van der Waals surface area contributed by atoms with Gasteiger partial charge in [0.2, 0.25) is 17.7 Å². The number of aliphatic carboxylic acids is 1. The summed E-state index contributed by atoms with van der Waals surface area (Å²) in [5, 5.41) is 10.9. The van der Waals surface area contributed by atoms with Crippen molar-refractivity contribution < 1.29 is 29.0 Å². The Hall–Kier alpha value is -2.74. The molecule has 8 nitrogen and oxygen atoms in total. The van der Waals surface area contributed by atoms with Crippen LogP contribution in [0.5, 0.6) is 0 Å². The first-order chi connectivity index (χ1) is 11.0. The van der Waals surface area contributed by atoms with Crippen LogP contribution in [0.2, 0.25) is 0 Å². The summed E-state index contributed by atoms with van der Waals surface area (Å²) in [5.41, 5.74) is 1.24. The zero-order valence-electron chi connectivity index (χ0n) is 12.3. The second kappa shape index (κ2) is 7.50. The quantitative estimate of drug-likeness (QED) is 0.685. The maximum Gasteiger partial charge on any atom is 0.329 e. The molecule has 0 spiro atoms. The van der Waals surface area contributed by atoms with Crippen molar-refractivity contribution in [1.29, 1.82) is 0 Å². The van der Waals surface area contributed by atoms with Gasteiger partial charge in [0.25, 0.3) is 0 Å². The molecule has 122 valence electrons. The zero-order chi connectivity index (χ0) is 16.8. The van der Waals surface area contributed by atoms with Crippen LogP contribution in [0, 0.1) is 0 Å². The second-order valence-corrected chi connectivity index (χ2v) is 5.00. The Bertz CT molecular complexity index is 625. The Morgan fingerprint density at radius 2 is 1.87 bits per heavy atom. The summed E-state index contributed by atoms with van der Waals surface area (Å²) >= 11 is 0. The van der Waals surface area contributed by atoms with Crippen LogP contribution in [0.1, 0.15) is 12.0 Å². The SMILES string of the molecule is O=C(O)COCC(=O)Nc1ccc(CC(=O)N2CCC2=O)cc1. The lowest BCUT2D eigenvalue weighted by atomic mass is 10.1. The van der Waals surface area contributed by atoms with Crippen LogP contribution < -0.4 is 5.32 Å². The van der Waals surface area contributed by atoms with Crippen LogP contribution >= 0.6 is 0 Å². The molecule has 0 aromatic heterocycles. The molecule has 0 aliphatic carbocycles. The van der Waals surface area contributed by atoms with Crippen molar-refractivity contribution in [3.8, 4) is 0 Å². The van der Waals surface area contributed by atoms with Gasteiger partial charge < -0.3 is 15.2 Å². The van der Waals surface area contributed by atoms with E-state index in [9.17, 15) is 19.2 Å². The van der Waals surface area contributed by atoms with Gasteiger partial charge in [-0.1, -0.05) is 12.1 Å². The number of β-lactam (4-membered cyclic amide) rings is 1. The largest absolute Gasteiger partial charge is 0.480 e. The molecular weight excluding hydrogens is 304 g/mol. The smallest absolute Gasteiger partial charge is 0.329 e. The van der Waals surface area contributed by atoms with E-state index in [0.29, 0.717) is 18.7 Å². The average Bonchev–Trinajstić information content (AvgIpc) is 2.47. The lowest BCUT2D eigenvalue weighted by Gasteiger charge is -2.28. The third-order valence-corrected chi connectivity index (χ3v) is 3.20. The van der Waals surface area contributed by atoms with Crippen LogP contribution in [0.3, 0.4) is 0 Å². The number of hydrogen-bond acceptors (Lipinski definition) is 5. The molecule has 8 heteroatoms. The van der Waals surface area contributed by atoms with E-state index < -0.39 is 18.5 Å². The van der Waals surface area contributed by atoms with Gasteiger partial charge in [-0.15, -0.1) is 0 Å². The van der Waals surface area contributed by atoms with Gasteiger partial charge in [0.15, 0.2) is 0 Å². The predicted octanol–water partition coefficient (Wildman–Crippen LogP) is 0.0277. The number of anilines is 1. The lowest BCUT2D eigenvalue weighted by Crippen LogP contribution is -2.48. The molecule has 2 rings (SSSR count). The van der Waals surface area contributed by atoms with Crippen molar-refractivity contribution in [1.82, 2.24) is 4.90 Å². The Kier molecular flexibility index (Phi) is 5.42. The molecule has 0 unspecified atom stereocenters. The lowest BCUT2D eigenvalue weighted by molar-refractivity contribution is -0.152. The number of carboxylic acid groups (broad SMARTS) is 1. The molecule has 0 bridgehead atoms. The number of carbonyl (C=O) groups is 4. The Balaban J connectivity index is 1.79. The summed E-state index contributed by atoms with van der Waals surface area (Å²) in [7, 11) is 0. The fraction of sp³-hybridized carbons (Fsp3) is 0.333. The highest BCUT2D eigenvalue weighted by Gasteiger charge is 2.29. The van der Waals surface area contributed by atoms with E-state index in [1.807, 2.05) is 0 Å². The van der Waals surface area contributed by atoms with Crippen molar-refractivity contribution in [3.05, 3.63) is 29.8 Å². The van der Waals surface area contributed by atoms with Crippen molar-refractivity contribution in [3.63, 3.8) is 0 Å². The van der Waals surface area contributed by atoms with Crippen LogP contribution in [0.25, 0.3) is 0 Å². The number of amides is 3. The first kappa shape index (κ1) is 16.6. The van der Waals surface area contributed by atoms with E-state index in [-0.39, 0.29) is 24.8 Å². The minimum absolute atomic E-state index is 0.127. The number of carboxylic acids is 1. The van der Waals surface area contributed by atoms with Gasteiger partial charge in [-0.3, -0.25) is 19.3 Å². The number of carbonyl (C=O) groups excluding carboxylic acids is 3. The molecule has 0 atom stereocenters. The molecule has 1 aromatic carbocycles. The normalized spacial score (nSPS) is 13.4. The average molecular weight is 320 g/mol. The van der Waals surface area contributed by atoms with E-state index in [4.69, 9.17) is 5.11 Å².